The number of nitrogens with zero attached hydrogens (tertiary/aromatic N) is 3. The van der Waals surface area contributed by atoms with E-state index < -0.39 is 0 Å². The fraction of sp³-hybridized carbons (Fsp3) is 0.429. The van der Waals surface area contributed by atoms with Crippen molar-refractivity contribution >= 4 is 23.2 Å². The molecule has 20 heavy (non-hydrogen) atoms. The van der Waals surface area contributed by atoms with Crippen molar-refractivity contribution in [3.05, 3.63) is 41.2 Å². The molecule has 0 aliphatic heterocycles. The molecule has 0 aliphatic rings. The molecular formula is C14H17Cl2N3O. The third-order valence-electron chi connectivity index (χ3n) is 2.85. The Bertz CT molecular complexity index is 527. The van der Waals surface area contributed by atoms with E-state index >= 15 is 0 Å². The summed E-state index contributed by atoms with van der Waals surface area (Å²) < 4.78 is 7.41. The molecule has 1 atom stereocenters. The minimum Gasteiger partial charge on any atom is -0.494 e. The molecule has 108 valence electrons. The van der Waals surface area contributed by atoms with E-state index in [-0.39, 0.29) is 5.38 Å². The van der Waals surface area contributed by atoms with Gasteiger partial charge in [-0.1, -0.05) is 23.7 Å². The lowest BCUT2D eigenvalue weighted by Crippen LogP contribution is -2.05. The van der Waals surface area contributed by atoms with Gasteiger partial charge in [0.25, 0.3) is 0 Å². The Hall–Kier alpha value is -1.26. The average Bonchev–Trinajstić information content (AvgIpc) is 2.93. The van der Waals surface area contributed by atoms with Gasteiger partial charge in [0, 0.05) is 24.2 Å². The standard InChI is InChI=1S/C14H17Cl2N3O/c1-2-13(16)14-10-19(18-17-14)8-3-9-20-12-6-4-11(15)5-7-12/h4-7,10,13H,2-3,8-9H2,1H3. The monoisotopic (exact) mass is 313 g/mol. The van der Waals surface area contributed by atoms with Crippen molar-refractivity contribution in [2.45, 2.75) is 31.7 Å². The summed E-state index contributed by atoms with van der Waals surface area (Å²) in [6.07, 6.45) is 3.59. The van der Waals surface area contributed by atoms with Crippen LogP contribution in [0.4, 0.5) is 0 Å². The maximum Gasteiger partial charge on any atom is 0.119 e. The van der Waals surface area contributed by atoms with E-state index in [0.717, 1.165) is 30.8 Å². The maximum atomic E-state index is 6.11. The smallest absolute Gasteiger partial charge is 0.119 e. The maximum absolute atomic E-state index is 6.11. The van der Waals surface area contributed by atoms with Crippen molar-refractivity contribution < 1.29 is 4.74 Å². The summed E-state index contributed by atoms with van der Waals surface area (Å²) in [5.74, 6) is 0.820. The second-order valence-electron chi connectivity index (χ2n) is 4.44. The molecule has 0 fully saturated rings. The zero-order valence-electron chi connectivity index (χ0n) is 11.3. The predicted octanol–water partition coefficient (Wildman–Crippen LogP) is 4.09. The molecule has 0 N–H and O–H groups in total. The number of hydrogen-bond donors (Lipinski definition) is 0. The van der Waals surface area contributed by atoms with Gasteiger partial charge >= 0.3 is 0 Å². The van der Waals surface area contributed by atoms with Crippen LogP contribution in [0.5, 0.6) is 5.75 Å². The van der Waals surface area contributed by atoms with Gasteiger partial charge in [-0.25, -0.2) is 0 Å². The van der Waals surface area contributed by atoms with Gasteiger partial charge in [-0.3, -0.25) is 4.68 Å². The molecule has 2 aromatic rings. The third-order valence-corrected chi connectivity index (χ3v) is 3.63. The zero-order valence-corrected chi connectivity index (χ0v) is 12.8. The first-order valence-electron chi connectivity index (χ1n) is 6.61. The second-order valence-corrected chi connectivity index (χ2v) is 5.40. The van der Waals surface area contributed by atoms with E-state index in [2.05, 4.69) is 10.3 Å². The van der Waals surface area contributed by atoms with Gasteiger partial charge in [0.1, 0.15) is 11.4 Å². The van der Waals surface area contributed by atoms with Crippen LogP contribution >= 0.6 is 23.2 Å². The first-order chi connectivity index (χ1) is 9.69. The van der Waals surface area contributed by atoms with E-state index in [1.807, 2.05) is 37.4 Å². The van der Waals surface area contributed by atoms with Crippen molar-refractivity contribution in [1.82, 2.24) is 15.0 Å². The Morgan fingerprint density at radius 2 is 2.05 bits per heavy atom. The van der Waals surface area contributed by atoms with Gasteiger partial charge in [0.05, 0.1) is 12.0 Å². The first-order valence-corrected chi connectivity index (χ1v) is 7.43. The third kappa shape index (κ3) is 4.39. The van der Waals surface area contributed by atoms with Gasteiger partial charge in [-0.05, 0) is 30.7 Å². The number of aryl methyl sites for hydroxylation is 1. The quantitative estimate of drug-likeness (QED) is 0.571. The number of aromatic nitrogens is 3. The van der Waals surface area contributed by atoms with Gasteiger partial charge in [-0.15, -0.1) is 16.7 Å². The van der Waals surface area contributed by atoms with Crippen LogP contribution in [0.1, 0.15) is 30.8 Å². The highest BCUT2D eigenvalue weighted by molar-refractivity contribution is 6.30. The van der Waals surface area contributed by atoms with Crippen molar-refractivity contribution in [3.8, 4) is 5.75 Å². The molecule has 0 radical (unpaired) electrons. The van der Waals surface area contributed by atoms with Crippen LogP contribution in [0, 0.1) is 0 Å². The number of alkyl halides is 1. The molecule has 2 rings (SSSR count). The zero-order chi connectivity index (χ0) is 14.4. The molecule has 6 heteroatoms. The highest BCUT2D eigenvalue weighted by Crippen LogP contribution is 2.20. The molecule has 0 bridgehead atoms. The summed E-state index contributed by atoms with van der Waals surface area (Å²) in [5.41, 5.74) is 0.827. The number of hydrogen-bond acceptors (Lipinski definition) is 3. The van der Waals surface area contributed by atoms with Crippen molar-refractivity contribution in [3.63, 3.8) is 0 Å². The lowest BCUT2D eigenvalue weighted by molar-refractivity contribution is 0.298. The Kier molecular flexibility index (Phi) is 5.68. The van der Waals surface area contributed by atoms with Gasteiger partial charge in [0.2, 0.25) is 0 Å². The van der Waals surface area contributed by atoms with E-state index in [9.17, 15) is 0 Å². The average molecular weight is 314 g/mol. The van der Waals surface area contributed by atoms with Crippen LogP contribution in [0.2, 0.25) is 5.02 Å². The van der Waals surface area contributed by atoms with E-state index in [0.29, 0.717) is 11.6 Å². The molecule has 0 spiro atoms. The normalized spacial score (nSPS) is 12.3. The van der Waals surface area contributed by atoms with Crippen LogP contribution in [-0.2, 0) is 6.54 Å². The second kappa shape index (κ2) is 7.50. The van der Waals surface area contributed by atoms with Crippen LogP contribution in [-0.4, -0.2) is 21.6 Å². The SMILES string of the molecule is CCC(Cl)c1cn(CCCOc2ccc(Cl)cc2)nn1. The molecule has 1 heterocycles. The first kappa shape index (κ1) is 15.1. The predicted molar refractivity (Wildman–Crippen MR) is 80.5 cm³/mol. The lowest BCUT2D eigenvalue weighted by Gasteiger charge is -2.05. The molecule has 1 aromatic heterocycles. The molecule has 4 nitrogen and oxygen atoms in total. The topological polar surface area (TPSA) is 39.9 Å². The lowest BCUT2D eigenvalue weighted by atomic mass is 10.3. The fourth-order valence-corrected chi connectivity index (χ4v) is 1.95. The van der Waals surface area contributed by atoms with Crippen molar-refractivity contribution in [2.24, 2.45) is 0 Å². The van der Waals surface area contributed by atoms with E-state index in [1.165, 1.54) is 0 Å². The van der Waals surface area contributed by atoms with Crippen LogP contribution in [0.15, 0.2) is 30.5 Å². The summed E-state index contributed by atoms with van der Waals surface area (Å²) in [7, 11) is 0. The molecule has 1 aromatic carbocycles. The number of benzene rings is 1. The van der Waals surface area contributed by atoms with Crippen LogP contribution in [0.25, 0.3) is 0 Å². The van der Waals surface area contributed by atoms with Crippen molar-refractivity contribution in [2.75, 3.05) is 6.61 Å². The highest BCUT2D eigenvalue weighted by Gasteiger charge is 2.09. The minimum atomic E-state index is -0.0610. The van der Waals surface area contributed by atoms with Crippen molar-refractivity contribution in [1.29, 1.82) is 0 Å². The molecule has 0 aliphatic carbocycles. The van der Waals surface area contributed by atoms with E-state index in [1.54, 1.807) is 4.68 Å². The Morgan fingerprint density at radius 3 is 2.75 bits per heavy atom. The molecule has 0 saturated carbocycles. The summed E-state index contributed by atoms with van der Waals surface area (Å²) in [5, 5.41) is 8.76. The van der Waals surface area contributed by atoms with Crippen LogP contribution < -0.4 is 4.74 Å². The fourth-order valence-electron chi connectivity index (χ4n) is 1.72. The van der Waals surface area contributed by atoms with Crippen LogP contribution in [0.3, 0.4) is 0 Å². The summed E-state index contributed by atoms with van der Waals surface area (Å²) in [6.45, 7) is 3.40. The summed E-state index contributed by atoms with van der Waals surface area (Å²) >= 11 is 11.9. The Balaban J connectivity index is 1.73. The number of rotatable bonds is 7. The molecular weight excluding hydrogens is 297 g/mol. The largest absolute Gasteiger partial charge is 0.494 e. The molecule has 0 amide bonds. The minimum absolute atomic E-state index is 0.0610. The molecule has 1 unspecified atom stereocenters. The number of halogens is 2. The van der Waals surface area contributed by atoms with Gasteiger partial charge in [-0.2, -0.15) is 0 Å². The summed E-state index contributed by atoms with van der Waals surface area (Å²) in [6, 6.07) is 7.34. The Morgan fingerprint density at radius 1 is 1.30 bits per heavy atom. The van der Waals surface area contributed by atoms with E-state index in [4.69, 9.17) is 27.9 Å². The van der Waals surface area contributed by atoms with Gasteiger partial charge < -0.3 is 4.74 Å². The highest BCUT2D eigenvalue weighted by atomic mass is 35.5. The Labute approximate surface area is 128 Å². The summed E-state index contributed by atoms with van der Waals surface area (Å²) in [4.78, 5) is 0. The van der Waals surface area contributed by atoms with Gasteiger partial charge in [0.15, 0.2) is 0 Å². The molecule has 0 saturated heterocycles. The number of ether oxygens (including phenoxy) is 1.